The first kappa shape index (κ1) is 22.6. The maximum Gasteiger partial charge on any atom is 0.259 e. The molecule has 0 unspecified atom stereocenters. The number of aliphatic hydroxyl groups is 1. The van der Waals surface area contributed by atoms with Gasteiger partial charge in [0.2, 0.25) is 0 Å². The summed E-state index contributed by atoms with van der Waals surface area (Å²) in [5, 5.41) is 12.2. The van der Waals surface area contributed by atoms with Crippen molar-refractivity contribution in [2.75, 3.05) is 11.9 Å². The van der Waals surface area contributed by atoms with Gasteiger partial charge in [-0.25, -0.2) is 19.3 Å². The van der Waals surface area contributed by atoms with Gasteiger partial charge in [-0.05, 0) is 68.9 Å². The van der Waals surface area contributed by atoms with Crippen LogP contribution < -0.4 is 5.32 Å². The van der Waals surface area contributed by atoms with Gasteiger partial charge in [-0.3, -0.25) is 4.79 Å². The fourth-order valence-corrected chi connectivity index (χ4v) is 5.03. The van der Waals surface area contributed by atoms with Crippen LogP contribution in [-0.2, 0) is 6.42 Å². The van der Waals surface area contributed by atoms with Gasteiger partial charge in [0.25, 0.3) is 5.91 Å². The van der Waals surface area contributed by atoms with Crippen LogP contribution in [0.1, 0.15) is 65.0 Å². The Morgan fingerprint density at radius 3 is 2.89 bits per heavy atom. The van der Waals surface area contributed by atoms with Crippen LogP contribution in [0.4, 0.5) is 10.2 Å². The highest BCUT2D eigenvalue weighted by Gasteiger charge is 2.27. The molecule has 1 aliphatic heterocycles. The van der Waals surface area contributed by atoms with Gasteiger partial charge in [-0.1, -0.05) is 6.07 Å². The van der Waals surface area contributed by atoms with E-state index in [1.54, 1.807) is 24.5 Å². The number of anilines is 1. The Bertz CT molecular complexity index is 1450. The molecule has 8 nitrogen and oxygen atoms in total. The van der Waals surface area contributed by atoms with Gasteiger partial charge >= 0.3 is 0 Å². The second-order valence-electron chi connectivity index (χ2n) is 9.61. The molecule has 1 aromatic carbocycles. The number of halogens is 1. The molecule has 2 N–H and O–H groups in total. The minimum absolute atomic E-state index is 0.0609. The predicted octanol–water partition coefficient (Wildman–Crippen LogP) is 4.58. The number of nitrogens with one attached hydrogen (secondary N) is 1. The Hall–Kier alpha value is -3.85. The topological polar surface area (TPSA) is 97.9 Å². The van der Waals surface area contributed by atoms with E-state index in [4.69, 9.17) is 0 Å². The largest absolute Gasteiger partial charge is 0.396 e. The van der Waals surface area contributed by atoms with E-state index in [9.17, 15) is 14.3 Å². The molecular weight excluding hydrogens is 459 g/mol. The first-order valence-corrected chi connectivity index (χ1v) is 12.3. The van der Waals surface area contributed by atoms with Crippen LogP contribution in [0.5, 0.6) is 0 Å². The van der Waals surface area contributed by atoms with E-state index in [2.05, 4.69) is 24.8 Å². The predicted molar refractivity (Wildman–Crippen MR) is 133 cm³/mol. The first-order valence-electron chi connectivity index (χ1n) is 12.3. The fourth-order valence-electron chi connectivity index (χ4n) is 5.03. The summed E-state index contributed by atoms with van der Waals surface area (Å²) in [7, 11) is 0. The first-order chi connectivity index (χ1) is 17.5. The molecule has 1 fully saturated rings. The minimum Gasteiger partial charge on any atom is -0.396 e. The molecule has 1 aliphatic carbocycles. The number of rotatable bonds is 7. The Morgan fingerprint density at radius 1 is 1.22 bits per heavy atom. The molecule has 0 spiro atoms. The maximum atomic E-state index is 14.9. The number of imidazole rings is 2. The highest BCUT2D eigenvalue weighted by molar-refractivity contribution is 6.04. The summed E-state index contributed by atoms with van der Waals surface area (Å²) in [4.78, 5) is 26.7. The summed E-state index contributed by atoms with van der Waals surface area (Å²) in [6.07, 6.45) is 10.3. The average Bonchev–Trinajstić information content (AvgIpc) is 3.25. The normalized spacial score (nSPS) is 16.8. The molecular formula is C27H27FN6O2. The number of fused-ring (bicyclic) bond motifs is 1. The molecule has 3 aromatic heterocycles. The average molecular weight is 487 g/mol. The molecule has 2 aliphatic rings. The molecule has 0 saturated heterocycles. The molecule has 1 atom stereocenters. The van der Waals surface area contributed by atoms with Gasteiger partial charge in [0.05, 0.1) is 23.3 Å². The second kappa shape index (κ2) is 8.98. The number of carbonyl (C=O) groups is 1. The van der Waals surface area contributed by atoms with Crippen molar-refractivity contribution in [2.45, 2.75) is 51.0 Å². The SMILES string of the molecule is Cc1cc(F)c(C(=O)Nc2cccc(-c3ncc4n3[C@@H](CCO)CC4)n2)cc1-n1cnc(C2CC2)c1. The van der Waals surface area contributed by atoms with Gasteiger partial charge in [0.1, 0.15) is 17.3 Å². The summed E-state index contributed by atoms with van der Waals surface area (Å²) in [6, 6.07) is 8.40. The molecule has 4 aromatic rings. The Kier molecular flexibility index (Phi) is 5.64. The molecule has 1 amide bonds. The van der Waals surface area contributed by atoms with E-state index in [0.29, 0.717) is 35.4 Å². The molecule has 36 heavy (non-hydrogen) atoms. The van der Waals surface area contributed by atoms with Gasteiger partial charge < -0.3 is 19.6 Å². The van der Waals surface area contributed by atoms with Crippen molar-refractivity contribution < 1.29 is 14.3 Å². The summed E-state index contributed by atoms with van der Waals surface area (Å²) in [6.45, 7) is 1.92. The lowest BCUT2D eigenvalue weighted by molar-refractivity contribution is 0.102. The molecule has 184 valence electrons. The summed E-state index contributed by atoms with van der Waals surface area (Å²) >= 11 is 0. The lowest BCUT2D eigenvalue weighted by Gasteiger charge is -2.15. The molecule has 4 heterocycles. The van der Waals surface area contributed by atoms with E-state index < -0.39 is 11.7 Å². The highest BCUT2D eigenvalue weighted by atomic mass is 19.1. The van der Waals surface area contributed by atoms with E-state index in [1.165, 1.54) is 6.07 Å². The Morgan fingerprint density at radius 2 is 2.08 bits per heavy atom. The van der Waals surface area contributed by atoms with Gasteiger partial charge in [0, 0.05) is 36.7 Å². The molecule has 6 rings (SSSR count). The zero-order chi connectivity index (χ0) is 24.8. The number of amides is 1. The van der Waals surface area contributed by atoms with Crippen LogP contribution in [0.15, 0.2) is 49.1 Å². The van der Waals surface area contributed by atoms with Crippen molar-refractivity contribution >= 4 is 11.7 Å². The van der Waals surface area contributed by atoms with E-state index in [-0.39, 0.29) is 18.2 Å². The lowest BCUT2D eigenvalue weighted by Crippen LogP contribution is -2.16. The summed E-state index contributed by atoms with van der Waals surface area (Å²) < 4.78 is 18.8. The zero-order valence-corrected chi connectivity index (χ0v) is 20.0. The Balaban J connectivity index is 1.27. The van der Waals surface area contributed by atoms with E-state index in [1.807, 2.05) is 30.0 Å². The molecule has 9 heteroatoms. The van der Waals surface area contributed by atoms with Crippen LogP contribution in [0.2, 0.25) is 0 Å². The van der Waals surface area contributed by atoms with Gasteiger partial charge in [-0.15, -0.1) is 0 Å². The summed E-state index contributed by atoms with van der Waals surface area (Å²) in [5.74, 6) is 0.348. The summed E-state index contributed by atoms with van der Waals surface area (Å²) in [5.41, 5.74) is 4.12. The third-order valence-electron chi connectivity index (χ3n) is 7.06. The van der Waals surface area contributed by atoms with E-state index >= 15 is 0 Å². The van der Waals surface area contributed by atoms with Crippen molar-refractivity contribution in [3.63, 3.8) is 0 Å². The lowest BCUT2D eigenvalue weighted by atomic mass is 10.1. The van der Waals surface area contributed by atoms with Crippen molar-refractivity contribution in [1.82, 2.24) is 24.1 Å². The quantitative estimate of drug-likeness (QED) is 0.399. The van der Waals surface area contributed by atoms with Gasteiger partial charge in [0.15, 0.2) is 5.82 Å². The van der Waals surface area contributed by atoms with Crippen LogP contribution in [0.3, 0.4) is 0 Å². The van der Waals surface area contributed by atoms with Crippen molar-refractivity contribution in [3.8, 4) is 17.2 Å². The Labute approximate surface area is 207 Å². The third-order valence-corrected chi connectivity index (χ3v) is 7.06. The van der Waals surface area contributed by atoms with Crippen molar-refractivity contribution in [1.29, 1.82) is 0 Å². The maximum absolute atomic E-state index is 14.9. The fraction of sp³-hybridized carbons (Fsp3) is 0.333. The number of nitrogens with zero attached hydrogens (tertiary/aromatic N) is 5. The van der Waals surface area contributed by atoms with Crippen LogP contribution in [0.25, 0.3) is 17.2 Å². The number of hydrogen-bond acceptors (Lipinski definition) is 5. The molecule has 0 radical (unpaired) electrons. The highest BCUT2D eigenvalue weighted by Crippen LogP contribution is 2.39. The minimum atomic E-state index is -0.592. The number of hydrogen-bond donors (Lipinski definition) is 2. The zero-order valence-electron chi connectivity index (χ0n) is 20.0. The van der Waals surface area contributed by atoms with Crippen molar-refractivity contribution in [3.05, 3.63) is 77.4 Å². The van der Waals surface area contributed by atoms with Gasteiger partial charge in [-0.2, -0.15) is 0 Å². The third kappa shape index (κ3) is 4.09. The standard InChI is InChI=1S/C27H27FN6O2/c1-16-11-21(28)20(12-24(16)33-14-23(30-15-33)17-5-6-17)27(36)32-25-4-2-3-22(31-25)26-29-13-19-8-7-18(9-10-35)34(19)26/h2-4,11-15,17-18,35H,5-10H2,1H3,(H,31,32,36)/t18-/m1/s1. The molecule has 1 saturated carbocycles. The van der Waals surface area contributed by atoms with Crippen LogP contribution in [0, 0.1) is 12.7 Å². The molecule has 0 bridgehead atoms. The van der Waals surface area contributed by atoms with Crippen molar-refractivity contribution in [2.24, 2.45) is 0 Å². The monoisotopic (exact) mass is 486 g/mol. The number of aryl methyl sites for hydroxylation is 2. The van der Waals surface area contributed by atoms with E-state index in [0.717, 1.165) is 42.6 Å². The number of carbonyl (C=O) groups excluding carboxylic acids is 1. The number of aliphatic hydroxyl groups excluding tert-OH is 1. The van der Waals surface area contributed by atoms with Crippen LogP contribution in [-0.4, -0.2) is 41.7 Å². The number of pyridine rings is 1. The number of aromatic nitrogens is 5. The smallest absolute Gasteiger partial charge is 0.259 e. The number of benzene rings is 1. The van der Waals surface area contributed by atoms with Crippen LogP contribution >= 0.6 is 0 Å². The second-order valence-corrected chi connectivity index (χ2v) is 9.61.